The summed E-state index contributed by atoms with van der Waals surface area (Å²) in [5.41, 5.74) is 4.55. The molecule has 0 aromatic carbocycles. The molecule has 0 unspecified atom stereocenters. The van der Waals surface area contributed by atoms with Crippen molar-refractivity contribution in [2.45, 2.75) is 50.5 Å². The van der Waals surface area contributed by atoms with Crippen molar-refractivity contribution in [1.82, 2.24) is 19.3 Å². The van der Waals surface area contributed by atoms with Crippen molar-refractivity contribution in [2.24, 2.45) is 5.92 Å². The zero-order valence-corrected chi connectivity index (χ0v) is 20.4. The van der Waals surface area contributed by atoms with Crippen molar-refractivity contribution in [3.63, 3.8) is 0 Å². The van der Waals surface area contributed by atoms with Gasteiger partial charge in [0.05, 0.1) is 18.1 Å². The van der Waals surface area contributed by atoms with E-state index in [1.807, 2.05) is 24.7 Å². The van der Waals surface area contributed by atoms with Gasteiger partial charge in [0.1, 0.15) is 11.9 Å². The lowest BCUT2D eigenvalue weighted by Gasteiger charge is -2.34. The first-order valence-electron chi connectivity index (χ1n) is 12.3. The average molecular weight is 482 g/mol. The van der Waals surface area contributed by atoms with Crippen LogP contribution in [0.1, 0.15) is 54.8 Å². The third-order valence-corrected chi connectivity index (χ3v) is 8.94. The highest BCUT2D eigenvalue weighted by atomic mass is 32.2. The predicted molar refractivity (Wildman–Crippen MR) is 130 cm³/mol. The minimum atomic E-state index is -3.15. The van der Waals surface area contributed by atoms with Crippen LogP contribution < -0.4 is 9.64 Å². The van der Waals surface area contributed by atoms with E-state index in [0.29, 0.717) is 31.3 Å². The van der Waals surface area contributed by atoms with Crippen LogP contribution in [0.4, 0.5) is 5.95 Å². The Morgan fingerprint density at radius 3 is 2.41 bits per heavy atom. The van der Waals surface area contributed by atoms with Gasteiger partial charge in [-0.25, -0.2) is 18.4 Å². The van der Waals surface area contributed by atoms with E-state index in [0.717, 1.165) is 55.3 Å². The summed E-state index contributed by atoms with van der Waals surface area (Å²) in [5.74, 6) is 2.94. The van der Waals surface area contributed by atoms with E-state index in [1.54, 1.807) is 0 Å². The Kier molecular flexibility index (Phi) is 5.56. The van der Waals surface area contributed by atoms with Crippen molar-refractivity contribution in [1.29, 1.82) is 0 Å². The normalized spacial score (nSPS) is 24.0. The van der Waals surface area contributed by atoms with Crippen molar-refractivity contribution in [3.8, 4) is 5.75 Å². The molecule has 0 amide bonds. The molecule has 0 bridgehead atoms. The van der Waals surface area contributed by atoms with Gasteiger partial charge in [-0.1, -0.05) is 6.08 Å². The lowest BCUT2D eigenvalue weighted by molar-refractivity contribution is 0.138. The second-order valence-electron chi connectivity index (χ2n) is 10.1. The number of ether oxygens (including phenoxy) is 1. The molecule has 180 valence electrons. The first kappa shape index (κ1) is 22.0. The number of piperidine rings is 1. The molecule has 1 atom stereocenters. The van der Waals surface area contributed by atoms with Gasteiger partial charge in [0.15, 0.2) is 0 Å². The Morgan fingerprint density at radius 1 is 1.00 bits per heavy atom. The summed E-state index contributed by atoms with van der Waals surface area (Å²) in [5, 5.41) is 0. The maximum absolute atomic E-state index is 11.8. The highest BCUT2D eigenvalue weighted by molar-refractivity contribution is 7.88. The summed E-state index contributed by atoms with van der Waals surface area (Å²) in [6.07, 6.45) is 15.6. The quantitative estimate of drug-likeness (QED) is 0.649. The van der Waals surface area contributed by atoms with Gasteiger partial charge in [0.2, 0.25) is 16.0 Å². The molecule has 1 saturated carbocycles. The molecule has 4 aliphatic rings. The van der Waals surface area contributed by atoms with E-state index < -0.39 is 10.0 Å². The van der Waals surface area contributed by atoms with Crippen LogP contribution in [0.3, 0.4) is 0 Å². The molecule has 8 nitrogen and oxygen atoms in total. The predicted octanol–water partition coefficient (Wildman–Crippen LogP) is 3.02. The molecule has 0 spiro atoms. The molecule has 6 rings (SSSR count). The van der Waals surface area contributed by atoms with Gasteiger partial charge < -0.3 is 9.64 Å². The van der Waals surface area contributed by atoms with Crippen LogP contribution in [0.25, 0.3) is 5.57 Å². The van der Waals surface area contributed by atoms with Crippen LogP contribution in [0, 0.1) is 5.92 Å². The van der Waals surface area contributed by atoms with E-state index in [9.17, 15) is 8.42 Å². The van der Waals surface area contributed by atoms with E-state index in [4.69, 9.17) is 4.74 Å². The lowest BCUT2D eigenvalue weighted by atomic mass is 9.89. The Bertz CT molecular complexity index is 1200. The molecular formula is C25H31N5O3S. The number of aromatic nitrogens is 3. The topological polar surface area (TPSA) is 88.5 Å². The van der Waals surface area contributed by atoms with Crippen LogP contribution in [0.5, 0.6) is 5.75 Å². The van der Waals surface area contributed by atoms with Crippen LogP contribution in [0.2, 0.25) is 0 Å². The molecule has 2 aromatic rings. The van der Waals surface area contributed by atoms with E-state index in [1.165, 1.54) is 34.5 Å². The van der Waals surface area contributed by atoms with Gasteiger partial charge in [-0.15, -0.1) is 0 Å². The third-order valence-electron chi connectivity index (χ3n) is 7.67. The highest BCUT2D eigenvalue weighted by Gasteiger charge is 2.34. The molecular weight excluding hydrogens is 450 g/mol. The largest absolute Gasteiger partial charge is 0.488 e. The third kappa shape index (κ3) is 4.43. The first-order chi connectivity index (χ1) is 16.4. The van der Waals surface area contributed by atoms with Crippen molar-refractivity contribution < 1.29 is 13.2 Å². The molecule has 5 heterocycles. The van der Waals surface area contributed by atoms with Crippen molar-refractivity contribution >= 4 is 21.5 Å². The second-order valence-corrected chi connectivity index (χ2v) is 12.0. The van der Waals surface area contributed by atoms with Gasteiger partial charge in [0.25, 0.3) is 0 Å². The maximum Gasteiger partial charge on any atom is 0.225 e. The van der Waals surface area contributed by atoms with Crippen LogP contribution in [-0.2, 0) is 16.4 Å². The minimum absolute atomic E-state index is 0.188. The van der Waals surface area contributed by atoms with Gasteiger partial charge in [-0.3, -0.25) is 4.98 Å². The van der Waals surface area contributed by atoms with Crippen LogP contribution >= 0.6 is 0 Å². The van der Waals surface area contributed by atoms with E-state index in [2.05, 4.69) is 25.9 Å². The number of hydrogen-bond acceptors (Lipinski definition) is 7. The number of pyridine rings is 1. The Morgan fingerprint density at radius 2 is 1.76 bits per heavy atom. The molecule has 0 radical (unpaired) electrons. The van der Waals surface area contributed by atoms with Crippen molar-refractivity contribution in [2.75, 3.05) is 37.3 Å². The van der Waals surface area contributed by atoms with Gasteiger partial charge in [-0.2, -0.15) is 4.31 Å². The Balaban J connectivity index is 1.06. The lowest BCUT2D eigenvalue weighted by Crippen LogP contribution is -2.40. The standard InChI is InChI=1S/C25H31N5O3S/c1-34(31,32)30-10-6-18(7-11-30)22-12-20-13-23(33-24(20)16-26-22)19-4-8-29(9-5-19)25-27-14-21(15-28-25)17-2-3-17/h6,12,14-17,19,23H,2-5,7-11,13H2,1H3/t23-/m1/s1. The number of sulfonamides is 1. The van der Waals surface area contributed by atoms with Crippen LogP contribution in [-0.4, -0.2) is 66.2 Å². The molecule has 3 aliphatic heterocycles. The van der Waals surface area contributed by atoms with E-state index >= 15 is 0 Å². The Labute approximate surface area is 201 Å². The zero-order chi connectivity index (χ0) is 23.3. The smallest absolute Gasteiger partial charge is 0.225 e. The fourth-order valence-electron chi connectivity index (χ4n) is 5.39. The fourth-order valence-corrected chi connectivity index (χ4v) is 6.16. The van der Waals surface area contributed by atoms with Gasteiger partial charge >= 0.3 is 0 Å². The maximum atomic E-state index is 11.8. The number of hydrogen-bond donors (Lipinski definition) is 0. The zero-order valence-electron chi connectivity index (χ0n) is 19.6. The molecule has 9 heteroatoms. The SMILES string of the molecule is CS(=O)(=O)N1CC=C(c2cc3c(cn2)O[C@@H](C2CCN(c4ncc(C5CC5)cn4)CC2)C3)CC1. The molecule has 2 fully saturated rings. The monoisotopic (exact) mass is 481 g/mol. The van der Waals surface area contributed by atoms with Gasteiger partial charge in [0, 0.05) is 50.6 Å². The molecule has 1 saturated heterocycles. The summed E-state index contributed by atoms with van der Waals surface area (Å²) >= 11 is 0. The van der Waals surface area contributed by atoms with E-state index in [-0.39, 0.29) is 6.10 Å². The summed E-state index contributed by atoms with van der Waals surface area (Å²) in [4.78, 5) is 16.2. The average Bonchev–Trinajstić information content (AvgIpc) is 3.62. The van der Waals surface area contributed by atoms with Crippen molar-refractivity contribution in [3.05, 3.63) is 47.6 Å². The minimum Gasteiger partial charge on any atom is -0.488 e. The fraction of sp³-hybridized carbons (Fsp3) is 0.560. The number of nitrogens with zero attached hydrogens (tertiary/aromatic N) is 5. The summed E-state index contributed by atoms with van der Waals surface area (Å²) in [7, 11) is -3.15. The van der Waals surface area contributed by atoms with Gasteiger partial charge in [-0.05, 0) is 61.1 Å². The molecule has 2 aromatic heterocycles. The second kappa shape index (κ2) is 8.61. The summed E-state index contributed by atoms with van der Waals surface area (Å²) in [6, 6.07) is 2.14. The first-order valence-corrected chi connectivity index (χ1v) is 14.2. The summed E-state index contributed by atoms with van der Waals surface area (Å²) < 4.78 is 31.4. The number of fused-ring (bicyclic) bond motifs is 1. The molecule has 34 heavy (non-hydrogen) atoms. The molecule has 1 aliphatic carbocycles. The number of rotatable bonds is 5. The molecule has 0 N–H and O–H groups in total. The Hall–Kier alpha value is -2.52. The van der Waals surface area contributed by atoms with Crippen LogP contribution in [0.15, 0.2) is 30.7 Å². The highest BCUT2D eigenvalue weighted by Crippen LogP contribution is 2.40. The number of anilines is 1. The summed E-state index contributed by atoms with van der Waals surface area (Å²) in [6.45, 7) is 2.83.